The van der Waals surface area contributed by atoms with Crippen molar-refractivity contribution < 1.29 is 9.59 Å². The van der Waals surface area contributed by atoms with Gasteiger partial charge in [0.1, 0.15) is 0 Å². The van der Waals surface area contributed by atoms with Gasteiger partial charge in [0, 0.05) is 18.7 Å². The highest BCUT2D eigenvalue weighted by molar-refractivity contribution is 6.20. The normalized spacial score (nSPS) is 12.3. The molecule has 0 saturated heterocycles. The van der Waals surface area contributed by atoms with E-state index in [0.29, 0.717) is 12.8 Å². The Balaban J connectivity index is 3.46. The minimum Gasteiger partial charge on any atom is -0.297 e. The van der Waals surface area contributed by atoms with Crippen molar-refractivity contribution in [1.29, 1.82) is 0 Å². The predicted octanol–water partition coefficient (Wildman–Crippen LogP) is 1.06. The van der Waals surface area contributed by atoms with E-state index in [0.717, 1.165) is 0 Å². The minimum atomic E-state index is -0.322. The van der Waals surface area contributed by atoms with Crippen LogP contribution in [0.2, 0.25) is 0 Å². The second-order valence-corrected chi connectivity index (χ2v) is 3.17. The maximum Gasteiger partial charge on any atom is 0.226 e. The topological polar surface area (TPSA) is 46.2 Å². The molecule has 1 N–H and O–H groups in total. The number of hydrogen-bond acceptors (Lipinski definition) is 2. The van der Waals surface area contributed by atoms with Crippen LogP contribution in [0.15, 0.2) is 0 Å². The van der Waals surface area contributed by atoms with E-state index < -0.39 is 0 Å². The summed E-state index contributed by atoms with van der Waals surface area (Å²) in [5, 5.41) is 2.14. The lowest BCUT2D eigenvalue weighted by Gasteiger charge is -2.01. The zero-order valence-corrected chi connectivity index (χ0v) is 7.44. The second kappa shape index (κ2) is 5.13. The van der Waals surface area contributed by atoms with Gasteiger partial charge in [0.15, 0.2) is 0 Å². The molecule has 1 atom stereocenters. The molecule has 64 valence electrons. The van der Waals surface area contributed by atoms with Crippen LogP contribution in [0.5, 0.6) is 0 Å². The van der Waals surface area contributed by atoms with Crippen LogP contribution in [-0.2, 0) is 9.59 Å². The zero-order valence-electron chi connectivity index (χ0n) is 6.69. The number of imide groups is 1. The highest BCUT2D eigenvalue weighted by Gasteiger charge is 2.04. The Bertz CT molecular complexity index is 157. The van der Waals surface area contributed by atoms with Gasteiger partial charge in [-0.3, -0.25) is 14.9 Å². The fourth-order valence-electron chi connectivity index (χ4n) is 0.589. The van der Waals surface area contributed by atoms with Crippen molar-refractivity contribution in [3.05, 3.63) is 0 Å². The van der Waals surface area contributed by atoms with Gasteiger partial charge in [0.25, 0.3) is 0 Å². The van der Waals surface area contributed by atoms with Crippen LogP contribution in [0.4, 0.5) is 0 Å². The lowest BCUT2D eigenvalue weighted by atomic mass is 10.2. The smallest absolute Gasteiger partial charge is 0.226 e. The van der Waals surface area contributed by atoms with Gasteiger partial charge in [0.2, 0.25) is 11.8 Å². The number of hydrogen-bond donors (Lipinski definition) is 1. The Morgan fingerprint density at radius 1 is 1.55 bits per heavy atom. The van der Waals surface area contributed by atoms with Gasteiger partial charge in [-0.05, 0) is 13.3 Å². The number of halogens is 1. The highest BCUT2D eigenvalue weighted by atomic mass is 35.5. The largest absolute Gasteiger partial charge is 0.297 e. The molecule has 0 saturated carbocycles. The molecule has 0 fully saturated rings. The third-order valence-corrected chi connectivity index (χ3v) is 1.30. The molecule has 0 spiro atoms. The Morgan fingerprint density at radius 3 is 2.45 bits per heavy atom. The molecule has 2 amide bonds. The first-order chi connectivity index (χ1) is 5.02. The summed E-state index contributed by atoms with van der Waals surface area (Å²) < 4.78 is 0. The van der Waals surface area contributed by atoms with Crippen LogP contribution in [0.3, 0.4) is 0 Å². The first kappa shape index (κ1) is 10.4. The second-order valence-electron chi connectivity index (χ2n) is 2.42. The Morgan fingerprint density at radius 2 is 2.09 bits per heavy atom. The van der Waals surface area contributed by atoms with Gasteiger partial charge >= 0.3 is 0 Å². The molecule has 0 aromatic rings. The van der Waals surface area contributed by atoms with E-state index >= 15 is 0 Å². The summed E-state index contributed by atoms with van der Waals surface area (Å²) in [5.74, 6) is -0.581. The zero-order chi connectivity index (χ0) is 8.85. The summed E-state index contributed by atoms with van der Waals surface area (Å²) in [4.78, 5) is 21.1. The van der Waals surface area contributed by atoms with Crippen molar-refractivity contribution >= 4 is 23.4 Å². The summed E-state index contributed by atoms with van der Waals surface area (Å²) in [6.07, 6.45) is 0.908. The standard InChI is InChI=1S/C7H12ClNO2/c1-5(8)3-4-7(11)9-6(2)10/h5H,3-4H2,1-2H3,(H,9,10,11). The third-order valence-electron chi connectivity index (χ3n) is 1.08. The van der Waals surface area contributed by atoms with Crippen molar-refractivity contribution in [2.45, 2.75) is 32.1 Å². The van der Waals surface area contributed by atoms with Crippen molar-refractivity contribution in [1.82, 2.24) is 5.32 Å². The molecule has 0 aromatic heterocycles. The molecule has 0 radical (unpaired) electrons. The molecule has 0 aromatic carbocycles. The quantitative estimate of drug-likeness (QED) is 0.656. The maximum atomic E-state index is 10.8. The third kappa shape index (κ3) is 7.33. The van der Waals surface area contributed by atoms with Gasteiger partial charge in [-0.15, -0.1) is 11.6 Å². The molecule has 3 nitrogen and oxygen atoms in total. The van der Waals surface area contributed by atoms with E-state index in [9.17, 15) is 9.59 Å². The van der Waals surface area contributed by atoms with Crippen molar-refractivity contribution in [3.8, 4) is 0 Å². The van der Waals surface area contributed by atoms with Crippen LogP contribution in [-0.4, -0.2) is 17.2 Å². The molecular weight excluding hydrogens is 166 g/mol. The van der Waals surface area contributed by atoms with Gasteiger partial charge in [0.05, 0.1) is 0 Å². The van der Waals surface area contributed by atoms with Gasteiger partial charge < -0.3 is 0 Å². The molecular formula is C7H12ClNO2. The molecule has 0 aliphatic heterocycles. The monoisotopic (exact) mass is 177 g/mol. The van der Waals surface area contributed by atoms with Crippen LogP contribution < -0.4 is 5.32 Å². The summed E-state index contributed by atoms with van der Waals surface area (Å²) in [5.41, 5.74) is 0. The Labute approximate surface area is 71.1 Å². The number of amides is 2. The summed E-state index contributed by atoms with van der Waals surface area (Å²) in [6, 6.07) is 0. The predicted molar refractivity (Wildman–Crippen MR) is 43.4 cm³/mol. The lowest BCUT2D eigenvalue weighted by Crippen LogP contribution is -2.27. The molecule has 0 heterocycles. The number of alkyl halides is 1. The van der Waals surface area contributed by atoms with Crippen molar-refractivity contribution in [2.75, 3.05) is 0 Å². The molecule has 0 aliphatic carbocycles. The van der Waals surface area contributed by atoms with Crippen LogP contribution >= 0.6 is 11.6 Å². The van der Waals surface area contributed by atoms with E-state index in [-0.39, 0.29) is 17.2 Å². The van der Waals surface area contributed by atoms with Gasteiger partial charge in [-0.1, -0.05) is 0 Å². The first-order valence-electron chi connectivity index (χ1n) is 3.47. The molecule has 0 aliphatic rings. The van der Waals surface area contributed by atoms with E-state index in [4.69, 9.17) is 11.6 Å². The first-order valence-corrected chi connectivity index (χ1v) is 3.90. The van der Waals surface area contributed by atoms with Gasteiger partial charge in [-0.25, -0.2) is 0 Å². The number of carbonyl (C=O) groups excluding carboxylic acids is 2. The Kier molecular flexibility index (Phi) is 4.86. The Hall–Kier alpha value is -0.570. The number of nitrogens with one attached hydrogen (secondary N) is 1. The van der Waals surface area contributed by atoms with E-state index in [1.807, 2.05) is 6.92 Å². The average Bonchev–Trinajstić information content (AvgIpc) is 1.82. The lowest BCUT2D eigenvalue weighted by molar-refractivity contribution is -0.129. The highest BCUT2D eigenvalue weighted by Crippen LogP contribution is 2.02. The van der Waals surface area contributed by atoms with E-state index in [1.54, 1.807) is 0 Å². The van der Waals surface area contributed by atoms with Crippen LogP contribution in [0.25, 0.3) is 0 Å². The SMILES string of the molecule is CC(=O)NC(=O)CCC(C)Cl. The average molecular weight is 178 g/mol. The molecule has 4 heteroatoms. The number of carbonyl (C=O) groups is 2. The molecule has 1 unspecified atom stereocenters. The van der Waals surface area contributed by atoms with Crippen LogP contribution in [0, 0.1) is 0 Å². The number of rotatable bonds is 3. The molecule has 0 rings (SSSR count). The van der Waals surface area contributed by atoms with Crippen molar-refractivity contribution in [2.24, 2.45) is 0 Å². The molecule has 0 bridgehead atoms. The van der Waals surface area contributed by atoms with Crippen molar-refractivity contribution in [3.63, 3.8) is 0 Å². The van der Waals surface area contributed by atoms with Crippen LogP contribution in [0.1, 0.15) is 26.7 Å². The van der Waals surface area contributed by atoms with Gasteiger partial charge in [-0.2, -0.15) is 0 Å². The van der Waals surface area contributed by atoms with E-state index in [2.05, 4.69) is 5.32 Å². The summed E-state index contributed by atoms with van der Waals surface area (Å²) in [6.45, 7) is 3.12. The summed E-state index contributed by atoms with van der Waals surface area (Å²) >= 11 is 5.59. The van der Waals surface area contributed by atoms with E-state index in [1.165, 1.54) is 6.92 Å². The molecule has 11 heavy (non-hydrogen) atoms. The maximum absolute atomic E-state index is 10.8. The summed E-state index contributed by atoms with van der Waals surface area (Å²) in [7, 11) is 0. The fourth-order valence-corrected chi connectivity index (χ4v) is 0.698. The fraction of sp³-hybridized carbons (Fsp3) is 0.714. The minimum absolute atomic E-state index is 0.0206.